The molecular weight excluding hydrogens is 322 g/mol. The van der Waals surface area contributed by atoms with Crippen LogP contribution in [0.1, 0.15) is 66.9 Å². The van der Waals surface area contributed by atoms with Gasteiger partial charge in [0.2, 0.25) is 0 Å². The first-order valence-electron chi connectivity index (χ1n) is 8.92. The number of hydrogen-bond donors (Lipinski definition) is 0. The minimum absolute atomic E-state index is 0.116. The number of carbonyl (C=O) groups excluding carboxylic acids is 2. The third-order valence-corrected chi connectivity index (χ3v) is 3.75. The monoisotopic (exact) mass is 351 g/mol. The molecule has 25 heavy (non-hydrogen) atoms. The molecule has 6 heteroatoms. The van der Waals surface area contributed by atoms with Crippen LogP contribution in [-0.2, 0) is 14.2 Å². The molecule has 1 aromatic heterocycles. The maximum Gasteiger partial charge on any atom is 0.356 e. The highest BCUT2D eigenvalue weighted by Gasteiger charge is 2.16. The Morgan fingerprint density at radius 2 is 1.68 bits per heavy atom. The van der Waals surface area contributed by atoms with E-state index in [1.807, 2.05) is 6.92 Å². The van der Waals surface area contributed by atoms with Gasteiger partial charge in [-0.05, 0) is 37.3 Å². The van der Waals surface area contributed by atoms with Crippen molar-refractivity contribution in [3.05, 3.63) is 29.6 Å². The quantitative estimate of drug-likeness (QED) is 0.535. The van der Waals surface area contributed by atoms with Crippen LogP contribution in [0.2, 0.25) is 0 Å². The lowest BCUT2D eigenvalue weighted by molar-refractivity contribution is 0.0392. The summed E-state index contributed by atoms with van der Waals surface area (Å²) in [7, 11) is 1.66. The van der Waals surface area contributed by atoms with Crippen molar-refractivity contribution < 1.29 is 23.8 Å². The fourth-order valence-corrected chi connectivity index (χ4v) is 2.29. The molecule has 1 atom stereocenters. The van der Waals surface area contributed by atoms with Gasteiger partial charge in [0.15, 0.2) is 0 Å². The van der Waals surface area contributed by atoms with Gasteiger partial charge in [0.25, 0.3) is 0 Å². The zero-order valence-electron chi connectivity index (χ0n) is 15.5. The van der Waals surface area contributed by atoms with Gasteiger partial charge in [0, 0.05) is 13.7 Å². The summed E-state index contributed by atoms with van der Waals surface area (Å²) in [6.45, 7) is 5.34. The predicted octanol–water partition coefficient (Wildman–Crippen LogP) is 3.65. The van der Waals surface area contributed by atoms with Crippen molar-refractivity contribution in [3.8, 4) is 0 Å². The molecule has 0 fully saturated rings. The number of rotatable bonds is 12. The summed E-state index contributed by atoms with van der Waals surface area (Å²) in [5.74, 6) is -0.789. The fraction of sp³-hybridized carbons (Fsp3) is 0.632. The second-order valence-electron chi connectivity index (χ2n) is 5.93. The minimum atomic E-state index is -0.530. The van der Waals surface area contributed by atoms with E-state index in [1.165, 1.54) is 12.1 Å². The molecule has 1 unspecified atom stereocenters. The normalized spacial score (nSPS) is 11.8. The first-order chi connectivity index (χ1) is 12.1. The molecular formula is C19H29NO5. The van der Waals surface area contributed by atoms with Gasteiger partial charge in [0.05, 0.1) is 13.2 Å². The Labute approximate surface area is 149 Å². The van der Waals surface area contributed by atoms with E-state index < -0.39 is 11.9 Å². The second-order valence-corrected chi connectivity index (χ2v) is 5.93. The minimum Gasteiger partial charge on any atom is -0.461 e. The highest BCUT2D eigenvalue weighted by molar-refractivity contribution is 5.91. The van der Waals surface area contributed by atoms with Crippen LogP contribution in [-0.4, -0.2) is 43.9 Å². The van der Waals surface area contributed by atoms with Crippen LogP contribution in [0.3, 0.4) is 0 Å². The molecule has 0 aliphatic carbocycles. The summed E-state index contributed by atoms with van der Waals surface area (Å²) in [6.07, 6.45) is 4.75. The maximum absolute atomic E-state index is 12.2. The summed E-state index contributed by atoms with van der Waals surface area (Å²) < 4.78 is 15.5. The Hall–Kier alpha value is -1.95. The topological polar surface area (TPSA) is 74.7 Å². The zero-order valence-corrected chi connectivity index (χ0v) is 15.5. The average Bonchev–Trinajstić information content (AvgIpc) is 2.65. The Balaban J connectivity index is 2.61. The van der Waals surface area contributed by atoms with Gasteiger partial charge in [-0.1, -0.05) is 32.8 Å². The number of aromatic nitrogens is 1. The van der Waals surface area contributed by atoms with Crippen molar-refractivity contribution in [2.75, 3.05) is 26.9 Å². The van der Waals surface area contributed by atoms with Crippen molar-refractivity contribution in [2.24, 2.45) is 5.92 Å². The van der Waals surface area contributed by atoms with Gasteiger partial charge in [-0.2, -0.15) is 0 Å². The molecule has 1 heterocycles. The van der Waals surface area contributed by atoms with Crippen LogP contribution < -0.4 is 0 Å². The van der Waals surface area contributed by atoms with Crippen molar-refractivity contribution in [1.82, 2.24) is 4.98 Å². The third-order valence-electron chi connectivity index (χ3n) is 3.75. The molecule has 0 N–H and O–H groups in total. The van der Waals surface area contributed by atoms with Crippen LogP contribution in [0, 0.1) is 5.92 Å². The number of methoxy groups -OCH3 is 1. The van der Waals surface area contributed by atoms with E-state index in [-0.39, 0.29) is 17.3 Å². The molecule has 0 bridgehead atoms. The molecule has 0 saturated carbocycles. The lowest BCUT2D eigenvalue weighted by Gasteiger charge is -2.16. The number of carbonyl (C=O) groups is 2. The van der Waals surface area contributed by atoms with Crippen LogP contribution in [0.25, 0.3) is 0 Å². The van der Waals surface area contributed by atoms with Gasteiger partial charge in [0.1, 0.15) is 11.4 Å². The van der Waals surface area contributed by atoms with E-state index in [4.69, 9.17) is 14.2 Å². The summed E-state index contributed by atoms with van der Waals surface area (Å²) in [5.41, 5.74) is 0.233. The summed E-state index contributed by atoms with van der Waals surface area (Å²) in [5, 5.41) is 0. The summed E-state index contributed by atoms with van der Waals surface area (Å²) >= 11 is 0. The van der Waals surface area contributed by atoms with E-state index in [0.717, 1.165) is 32.1 Å². The van der Waals surface area contributed by atoms with Crippen molar-refractivity contribution >= 4 is 11.9 Å². The average molecular weight is 351 g/mol. The second kappa shape index (κ2) is 12.4. The predicted molar refractivity (Wildman–Crippen MR) is 94.6 cm³/mol. The molecule has 6 nitrogen and oxygen atoms in total. The van der Waals surface area contributed by atoms with Crippen molar-refractivity contribution in [3.63, 3.8) is 0 Å². The summed E-state index contributed by atoms with van der Waals surface area (Å²) in [6, 6.07) is 4.66. The van der Waals surface area contributed by atoms with Gasteiger partial charge in [-0.15, -0.1) is 0 Å². The first kappa shape index (κ1) is 21.1. The lowest BCUT2D eigenvalue weighted by Crippen LogP contribution is -2.18. The van der Waals surface area contributed by atoms with Crippen LogP contribution in [0.4, 0.5) is 0 Å². The molecule has 0 aromatic carbocycles. The Kier molecular flexibility index (Phi) is 10.5. The lowest BCUT2D eigenvalue weighted by atomic mass is 10.00. The SMILES string of the molecule is CCCCC(CCOC)COC(=O)c1cccc(C(=O)OCCC)n1. The van der Waals surface area contributed by atoms with Gasteiger partial charge in [-0.3, -0.25) is 0 Å². The number of hydrogen-bond acceptors (Lipinski definition) is 6. The van der Waals surface area contributed by atoms with Crippen LogP contribution >= 0.6 is 0 Å². The molecule has 0 radical (unpaired) electrons. The first-order valence-corrected chi connectivity index (χ1v) is 8.92. The van der Waals surface area contributed by atoms with E-state index in [0.29, 0.717) is 19.8 Å². The zero-order chi connectivity index (χ0) is 18.5. The number of unbranched alkanes of at least 4 members (excludes halogenated alkanes) is 1. The van der Waals surface area contributed by atoms with Crippen LogP contribution in [0.15, 0.2) is 18.2 Å². The van der Waals surface area contributed by atoms with E-state index in [2.05, 4.69) is 11.9 Å². The Bertz CT molecular complexity index is 524. The maximum atomic E-state index is 12.2. The Morgan fingerprint density at radius 1 is 1.00 bits per heavy atom. The highest BCUT2D eigenvalue weighted by Crippen LogP contribution is 2.14. The van der Waals surface area contributed by atoms with Crippen LogP contribution in [0.5, 0.6) is 0 Å². The Morgan fingerprint density at radius 3 is 2.28 bits per heavy atom. The molecule has 140 valence electrons. The van der Waals surface area contributed by atoms with Crippen molar-refractivity contribution in [2.45, 2.75) is 46.0 Å². The highest BCUT2D eigenvalue weighted by atomic mass is 16.5. The van der Waals surface area contributed by atoms with E-state index >= 15 is 0 Å². The molecule has 0 spiro atoms. The molecule has 0 saturated heterocycles. The summed E-state index contributed by atoms with van der Waals surface area (Å²) in [4.78, 5) is 28.1. The number of ether oxygens (including phenoxy) is 3. The van der Waals surface area contributed by atoms with E-state index in [1.54, 1.807) is 13.2 Å². The number of nitrogens with zero attached hydrogens (tertiary/aromatic N) is 1. The molecule has 0 amide bonds. The molecule has 1 rings (SSSR count). The smallest absolute Gasteiger partial charge is 0.356 e. The largest absolute Gasteiger partial charge is 0.461 e. The van der Waals surface area contributed by atoms with Gasteiger partial charge < -0.3 is 14.2 Å². The molecule has 0 aliphatic rings. The molecule has 1 aromatic rings. The molecule has 0 aliphatic heterocycles. The standard InChI is InChI=1S/C19H29NO5/c1-4-6-8-15(11-13-23-3)14-25-19(22)17-10-7-9-16(20-17)18(21)24-12-5-2/h7,9-10,15H,4-6,8,11-14H2,1-3H3. The third kappa shape index (κ3) is 8.12. The van der Waals surface area contributed by atoms with E-state index in [9.17, 15) is 9.59 Å². The number of esters is 2. The van der Waals surface area contributed by atoms with Gasteiger partial charge >= 0.3 is 11.9 Å². The fourth-order valence-electron chi connectivity index (χ4n) is 2.29. The number of pyridine rings is 1. The van der Waals surface area contributed by atoms with Crippen molar-refractivity contribution in [1.29, 1.82) is 0 Å². The van der Waals surface area contributed by atoms with Gasteiger partial charge in [-0.25, -0.2) is 14.6 Å².